The van der Waals surface area contributed by atoms with E-state index in [-0.39, 0.29) is 27.9 Å². The number of hydrogen-bond donors (Lipinski definition) is 0. The van der Waals surface area contributed by atoms with Crippen LogP contribution in [0.2, 0.25) is 10.0 Å². The predicted molar refractivity (Wildman–Crippen MR) is 165 cm³/mol. The molecule has 0 saturated heterocycles. The first-order valence-corrected chi connectivity index (χ1v) is 15.7. The lowest BCUT2D eigenvalue weighted by atomic mass is 9.85. The maximum Gasteiger partial charge on any atom is 0.244 e. The van der Waals surface area contributed by atoms with Crippen LogP contribution in [0.4, 0.5) is 0 Å². The van der Waals surface area contributed by atoms with Gasteiger partial charge in [0.05, 0.1) is 21.0 Å². The van der Waals surface area contributed by atoms with Crippen LogP contribution in [0, 0.1) is 18.3 Å². The number of benzene rings is 3. The molecular formula is C33H35Cl2NO4S. The summed E-state index contributed by atoms with van der Waals surface area (Å²) in [4.78, 5) is 27.0. The molecule has 0 spiro atoms. The van der Waals surface area contributed by atoms with Crippen molar-refractivity contribution in [1.82, 2.24) is 4.31 Å². The van der Waals surface area contributed by atoms with Gasteiger partial charge >= 0.3 is 0 Å². The zero-order valence-corrected chi connectivity index (χ0v) is 26.2. The van der Waals surface area contributed by atoms with Crippen LogP contribution >= 0.6 is 23.2 Å². The van der Waals surface area contributed by atoms with Crippen molar-refractivity contribution in [2.45, 2.75) is 64.4 Å². The quantitative estimate of drug-likeness (QED) is 0.247. The molecule has 4 rings (SSSR count). The van der Waals surface area contributed by atoms with E-state index in [0.717, 1.165) is 5.56 Å². The van der Waals surface area contributed by atoms with E-state index in [0.29, 0.717) is 28.1 Å². The molecule has 0 aromatic heterocycles. The van der Waals surface area contributed by atoms with Crippen molar-refractivity contribution in [3.63, 3.8) is 0 Å². The summed E-state index contributed by atoms with van der Waals surface area (Å²) < 4.78 is 30.3. The number of halogens is 2. The first-order chi connectivity index (χ1) is 19.2. The first kappa shape index (κ1) is 31.2. The van der Waals surface area contributed by atoms with Gasteiger partial charge in [-0.1, -0.05) is 105 Å². The van der Waals surface area contributed by atoms with Crippen LogP contribution in [-0.2, 0) is 26.0 Å². The van der Waals surface area contributed by atoms with Gasteiger partial charge < -0.3 is 0 Å². The van der Waals surface area contributed by atoms with Crippen LogP contribution in [0.25, 0.3) is 0 Å². The SMILES string of the molecule is CC(=O)[C@@H](CC(=O)C1=C[C@@H](C(C)(C)C)N(S(=O)(=O)c2ccccc2C)[C@H]1c1ccc(Cl)c(Cl)c1)Cc1ccccc1. The summed E-state index contributed by atoms with van der Waals surface area (Å²) in [5.41, 5.74) is 1.87. The van der Waals surface area contributed by atoms with Crippen LogP contribution in [0.3, 0.4) is 0 Å². The van der Waals surface area contributed by atoms with Crippen molar-refractivity contribution < 1.29 is 18.0 Å². The predicted octanol–water partition coefficient (Wildman–Crippen LogP) is 7.80. The molecule has 0 fully saturated rings. The molecule has 0 radical (unpaired) electrons. The van der Waals surface area contributed by atoms with Gasteiger partial charge in [0.1, 0.15) is 5.78 Å². The Bertz CT molecular complexity index is 1590. The van der Waals surface area contributed by atoms with Crippen LogP contribution < -0.4 is 0 Å². The molecule has 0 amide bonds. The number of hydrogen-bond acceptors (Lipinski definition) is 4. The standard InChI is InChI=1S/C33H35Cl2NO4S/c1-21-11-9-10-14-30(21)41(39,40)36-31(33(3,4)5)20-26(32(36)24-15-16-27(34)28(35)18-24)29(38)19-25(22(2)37)17-23-12-7-6-8-13-23/h6-16,18,20,25,31-32H,17,19H2,1-5H3/t25-,31+,32+/m1/s1. The van der Waals surface area contributed by atoms with Gasteiger partial charge in [-0.25, -0.2) is 8.42 Å². The monoisotopic (exact) mass is 611 g/mol. The number of rotatable bonds is 9. The molecule has 0 saturated carbocycles. The number of nitrogens with zero attached hydrogens (tertiary/aromatic N) is 1. The molecule has 0 bridgehead atoms. The molecular weight excluding hydrogens is 577 g/mol. The Kier molecular flexibility index (Phi) is 9.29. The highest BCUT2D eigenvalue weighted by atomic mass is 35.5. The fourth-order valence-electron chi connectivity index (χ4n) is 5.37. The molecule has 0 N–H and O–H groups in total. The average molecular weight is 613 g/mol. The summed E-state index contributed by atoms with van der Waals surface area (Å²) >= 11 is 12.6. The molecule has 5 nitrogen and oxygen atoms in total. The van der Waals surface area contributed by atoms with E-state index in [4.69, 9.17) is 23.2 Å². The highest BCUT2D eigenvalue weighted by Crippen LogP contribution is 2.47. The van der Waals surface area contributed by atoms with E-state index < -0.39 is 33.4 Å². The molecule has 3 atom stereocenters. The third-order valence-corrected chi connectivity index (χ3v) is 10.4. The Hall–Kier alpha value is -2.77. The second kappa shape index (κ2) is 12.2. The highest BCUT2D eigenvalue weighted by molar-refractivity contribution is 7.89. The van der Waals surface area contributed by atoms with Crippen LogP contribution in [0.5, 0.6) is 0 Å². The van der Waals surface area contributed by atoms with Crippen molar-refractivity contribution in [3.05, 3.63) is 111 Å². The van der Waals surface area contributed by atoms with Gasteiger partial charge in [-0.3, -0.25) is 9.59 Å². The van der Waals surface area contributed by atoms with Crippen molar-refractivity contribution in [1.29, 1.82) is 0 Å². The van der Waals surface area contributed by atoms with Gasteiger partial charge in [0.15, 0.2) is 5.78 Å². The normalized spacial score (nSPS) is 18.7. The second-order valence-electron chi connectivity index (χ2n) is 11.7. The lowest BCUT2D eigenvalue weighted by Gasteiger charge is -2.37. The van der Waals surface area contributed by atoms with E-state index in [1.807, 2.05) is 51.1 Å². The van der Waals surface area contributed by atoms with Gasteiger partial charge in [0, 0.05) is 24.0 Å². The van der Waals surface area contributed by atoms with Crippen molar-refractivity contribution >= 4 is 44.8 Å². The molecule has 3 aromatic rings. The van der Waals surface area contributed by atoms with E-state index in [1.54, 1.807) is 55.5 Å². The number of carbonyl (C=O) groups is 2. The van der Waals surface area contributed by atoms with Crippen LogP contribution in [0.15, 0.2) is 89.3 Å². The second-order valence-corrected chi connectivity index (χ2v) is 14.4. The third-order valence-electron chi connectivity index (χ3n) is 7.61. The fourth-order valence-corrected chi connectivity index (χ4v) is 7.81. The van der Waals surface area contributed by atoms with Gasteiger partial charge in [0.2, 0.25) is 10.0 Å². The van der Waals surface area contributed by atoms with Gasteiger partial charge in [-0.15, -0.1) is 0 Å². The van der Waals surface area contributed by atoms with Crippen molar-refractivity contribution in [2.24, 2.45) is 11.3 Å². The number of ketones is 2. The number of Topliss-reactive ketones (excluding diaryl/α,β-unsaturated/α-hetero) is 2. The van der Waals surface area contributed by atoms with Crippen LogP contribution in [0.1, 0.15) is 56.8 Å². The van der Waals surface area contributed by atoms with E-state index >= 15 is 0 Å². The summed E-state index contributed by atoms with van der Waals surface area (Å²) in [7, 11) is -4.10. The fraction of sp³-hybridized carbons (Fsp3) is 0.333. The Morgan fingerprint density at radius 2 is 1.56 bits per heavy atom. The molecule has 3 aromatic carbocycles. The molecule has 216 valence electrons. The van der Waals surface area contributed by atoms with Gasteiger partial charge in [-0.2, -0.15) is 4.31 Å². The Morgan fingerprint density at radius 3 is 2.15 bits per heavy atom. The largest absolute Gasteiger partial charge is 0.300 e. The third kappa shape index (κ3) is 6.67. The smallest absolute Gasteiger partial charge is 0.244 e. The Balaban J connectivity index is 1.85. The number of carbonyl (C=O) groups excluding carboxylic acids is 2. The lowest BCUT2D eigenvalue weighted by molar-refractivity contribution is -0.125. The van der Waals surface area contributed by atoms with E-state index in [1.165, 1.54) is 11.2 Å². The summed E-state index contributed by atoms with van der Waals surface area (Å²) in [6, 6.07) is 19.7. The van der Waals surface area contributed by atoms with Crippen LogP contribution in [-0.4, -0.2) is 30.3 Å². The average Bonchev–Trinajstić information content (AvgIpc) is 3.33. The summed E-state index contributed by atoms with van der Waals surface area (Å²) in [5.74, 6) is -0.909. The minimum Gasteiger partial charge on any atom is -0.300 e. The van der Waals surface area contributed by atoms with E-state index in [9.17, 15) is 18.0 Å². The zero-order chi connectivity index (χ0) is 30.1. The number of aryl methyl sites for hydroxylation is 1. The lowest BCUT2D eigenvalue weighted by Crippen LogP contribution is -2.45. The number of sulfonamides is 1. The van der Waals surface area contributed by atoms with Crippen molar-refractivity contribution in [3.8, 4) is 0 Å². The molecule has 8 heteroatoms. The molecule has 1 aliphatic rings. The Morgan fingerprint density at radius 1 is 0.927 bits per heavy atom. The van der Waals surface area contributed by atoms with E-state index in [2.05, 4.69) is 0 Å². The maximum atomic E-state index is 14.5. The zero-order valence-electron chi connectivity index (χ0n) is 23.9. The minimum absolute atomic E-state index is 0.0387. The molecule has 0 aliphatic carbocycles. The molecule has 1 aliphatic heterocycles. The maximum absolute atomic E-state index is 14.5. The minimum atomic E-state index is -4.10. The first-order valence-electron chi connectivity index (χ1n) is 13.5. The summed E-state index contributed by atoms with van der Waals surface area (Å²) in [5, 5.41) is 0.583. The molecule has 1 heterocycles. The topological polar surface area (TPSA) is 71.5 Å². The van der Waals surface area contributed by atoms with Crippen molar-refractivity contribution in [2.75, 3.05) is 0 Å². The summed E-state index contributed by atoms with van der Waals surface area (Å²) in [6.45, 7) is 9.09. The Labute approximate surface area is 253 Å². The molecule has 41 heavy (non-hydrogen) atoms. The summed E-state index contributed by atoms with van der Waals surface area (Å²) in [6.07, 6.45) is 2.15. The molecule has 0 unspecified atom stereocenters. The highest BCUT2D eigenvalue weighted by Gasteiger charge is 2.49. The van der Waals surface area contributed by atoms with Gasteiger partial charge in [-0.05, 0) is 60.6 Å². The van der Waals surface area contributed by atoms with Gasteiger partial charge in [0.25, 0.3) is 0 Å².